The van der Waals surface area contributed by atoms with Crippen LogP contribution in [0.2, 0.25) is 5.02 Å². The first-order valence-electron chi connectivity index (χ1n) is 6.07. The summed E-state index contributed by atoms with van der Waals surface area (Å²) in [6, 6.07) is 8.16. The third kappa shape index (κ3) is 1.83. The molecular weight excluding hydrogens is 236 g/mol. The van der Waals surface area contributed by atoms with Crippen LogP contribution in [-0.4, -0.2) is 24.5 Å². The van der Waals surface area contributed by atoms with Crippen LogP contribution in [-0.2, 0) is 4.79 Å². The standard InChI is InChI=1S/C13H15ClN2O/c14-9-4-1-2-5-11(9)16-12-6-3-7-15-10(12)8-13(16)17/h1-2,4-5,10,12,15H,3,6-8H2. The van der Waals surface area contributed by atoms with E-state index in [-0.39, 0.29) is 11.9 Å². The first-order chi connectivity index (χ1) is 8.27. The SMILES string of the molecule is O=C1CC2NCCCC2N1c1ccccc1Cl. The van der Waals surface area contributed by atoms with Gasteiger partial charge in [-0.25, -0.2) is 0 Å². The van der Waals surface area contributed by atoms with Gasteiger partial charge in [0.05, 0.1) is 16.8 Å². The molecular formula is C13H15ClN2O. The van der Waals surface area contributed by atoms with Gasteiger partial charge in [-0.15, -0.1) is 0 Å². The summed E-state index contributed by atoms with van der Waals surface area (Å²) in [7, 11) is 0. The zero-order chi connectivity index (χ0) is 11.8. The third-order valence-corrected chi connectivity index (χ3v) is 3.97. The van der Waals surface area contributed by atoms with E-state index >= 15 is 0 Å². The van der Waals surface area contributed by atoms with Crippen molar-refractivity contribution in [2.45, 2.75) is 31.3 Å². The molecule has 2 saturated heterocycles. The normalized spacial score (nSPS) is 28.3. The first kappa shape index (κ1) is 11.1. The van der Waals surface area contributed by atoms with Crippen molar-refractivity contribution in [1.82, 2.24) is 5.32 Å². The third-order valence-electron chi connectivity index (χ3n) is 3.65. The van der Waals surface area contributed by atoms with E-state index in [2.05, 4.69) is 5.32 Å². The Bertz CT molecular complexity index is 449. The highest BCUT2D eigenvalue weighted by Gasteiger charge is 2.41. The number of carbonyl (C=O) groups excluding carboxylic acids is 1. The van der Waals surface area contributed by atoms with Gasteiger partial charge in [0, 0.05) is 12.5 Å². The number of anilines is 1. The molecule has 0 bridgehead atoms. The molecule has 2 aliphatic rings. The summed E-state index contributed by atoms with van der Waals surface area (Å²) in [6.45, 7) is 1.02. The molecule has 2 heterocycles. The van der Waals surface area contributed by atoms with Gasteiger partial charge < -0.3 is 10.2 Å². The van der Waals surface area contributed by atoms with Gasteiger partial charge in [0.25, 0.3) is 0 Å². The number of benzene rings is 1. The van der Waals surface area contributed by atoms with Crippen LogP contribution in [0.25, 0.3) is 0 Å². The Morgan fingerprint density at radius 2 is 2.18 bits per heavy atom. The quantitative estimate of drug-likeness (QED) is 0.829. The predicted octanol–water partition coefficient (Wildman–Crippen LogP) is 2.20. The number of nitrogens with zero attached hydrogens (tertiary/aromatic N) is 1. The van der Waals surface area contributed by atoms with Crippen LogP contribution in [0.15, 0.2) is 24.3 Å². The van der Waals surface area contributed by atoms with E-state index in [0.717, 1.165) is 25.1 Å². The molecule has 0 spiro atoms. The monoisotopic (exact) mass is 250 g/mol. The van der Waals surface area contributed by atoms with E-state index < -0.39 is 0 Å². The summed E-state index contributed by atoms with van der Waals surface area (Å²) in [5.41, 5.74) is 0.857. The van der Waals surface area contributed by atoms with Gasteiger partial charge in [0.2, 0.25) is 5.91 Å². The Morgan fingerprint density at radius 3 is 3.00 bits per heavy atom. The Labute approximate surface area is 106 Å². The Morgan fingerprint density at radius 1 is 1.35 bits per heavy atom. The van der Waals surface area contributed by atoms with Crippen molar-refractivity contribution >= 4 is 23.2 Å². The second kappa shape index (κ2) is 4.31. The molecule has 2 aliphatic heterocycles. The summed E-state index contributed by atoms with van der Waals surface area (Å²) in [6.07, 6.45) is 2.78. The Hall–Kier alpha value is -1.06. The molecule has 3 nitrogen and oxygen atoms in total. The summed E-state index contributed by atoms with van der Waals surface area (Å²) >= 11 is 6.19. The van der Waals surface area contributed by atoms with Crippen molar-refractivity contribution in [3.8, 4) is 0 Å². The fourth-order valence-corrected chi connectivity index (χ4v) is 3.11. The maximum absolute atomic E-state index is 12.1. The number of piperidine rings is 1. The minimum atomic E-state index is 0.183. The molecule has 1 aromatic carbocycles. The zero-order valence-electron chi connectivity index (χ0n) is 9.53. The van der Waals surface area contributed by atoms with Crippen molar-refractivity contribution in [1.29, 1.82) is 0 Å². The van der Waals surface area contributed by atoms with Crippen LogP contribution in [0.3, 0.4) is 0 Å². The Balaban J connectivity index is 1.96. The molecule has 90 valence electrons. The molecule has 17 heavy (non-hydrogen) atoms. The lowest BCUT2D eigenvalue weighted by molar-refractivity contribution is -0.117. The van der Waals surface area contributed by atoms with E-state index in [1.165, 1.54) is 0 Å². The van der Waals surface area contributed by atoms with E-state index in [9.17, 15) is 4.79 Å². The number of fused-ring (bicyclic) bond motifs is 1. The maximum Gasteiger partial charge on any atom is 0.228 e. The van der Waals surface area contributed by atoms with Crippen molar-refractivity contribution in [2.24, 2.45) is 0 Å². The second-order valence-corrected chi connectivity index (χ2v) is 5.10. The number of nitrogens with one attached hydrogen (secondary N) is 1. The minimum absolute atomic E-state index is 0.183. The molecule has 2 unspecified atom stereocenters. The van der Waals surface area contributed by atoms with E-state index in [1.54, 1.807) is 0 Å². The molecule has 3 rings (SSSR count). The molecule has 1 amide bonds. The average molecular weight is 251 g/mol. The van der Waals surface area contributed by atoms with Crippen LogP contribution in [0.1, 0.15) is 19.3 Å². The van der Waals surface area contributed by atoms with E-state index in [0.29, 0.717) is 17.5 Å². The number of amides is 1. The maximum atomic E-state index is 12.1. The molecule has 0 radical (unpaired) electrons. The lowest BCUT2D eigenvalue weighted by Crippen LogP contribution is -2.47. The fourth-order valence-electron chi connectivity index (χ4n) is 2.88. The minimum Gasteiger partial charge on any atom is -0.311 e. The van der Waals surface area contributed by atoms with Gasteiger partial charge in [-0.2, -0.15) is 0 Å². The lowest BCUT2D eigenvalue weighted by Gasteiger charge is -2.32. The zero-order valence-corrected chi connectivity index (χ0v) is 10.3. The van der Waals surface area contributed by atoms with Gasteiger partial charge in [0.15, 0.2) is 0 Å². The Kier molecular flexibility index (Phi) is 2.81. The second-order valence-electron chi connectivity index (χ2n) is 4.69. The summed E-state index contributed by atoms with van der Waals surface area (Å²) in [5, 5.41) is 4.08. The fraction of sp³-hybridized carbons (Fsp3) is 0.462. The molecule has 0 aromatic heterocycles. The molecule has 1 aromatic rings. The van der Waals surface area contributed by atoms with Gasteiger partial charge in [-0.05, 0) is 31.5 Å². The van der Waals surface area contributed by atoms with E-state index in [4.69, 9.17) is 11.6 Å². The highest BCUT2D eigenvalue weighted by Crippen LogP contribution is 2.35. The van der Waals surface area contributed by atoms with Crippen LogP contribution in [0, 0.1) is 0 Å². The number of rotatable bonds is 1. The summed E-state index contributed by atoms with van der Waals surface area (Å²) in [4.78, 5) is 14.0. The highest BCUT2D eigenvalue weighted by molar-refractivity contribution is 6.33. The van der Waals surface area contributed by atoms with Crippen molar-refractivity contribution < 1.29 is 4.79 Å². The van der Waals surface area contributed by atoms with Crippen molar-refractivity contribution in [3.63, 3.8) is 0 Å². The molecule has 1 N–H and O–H groups in total. The van der Waals surface area contributed by atoms with Crippen LogP contribution >= 0.6 is 11.6 Å². The van der Waals surface area contributed by atoms with Gasteiger partial charge in [0.1, 0.15) is 0 Å². The first-order valence-corrected chi connectivity index (χ1v) is 6.45. The molecule has 4 heteroatoms. The summed E-state index contributed by atoms with van der Waals surface area (Å²) < 4.78 is 0. The molecule has 2 fully saturated rings. The molecule has 0 saturated carbocycles. The highest BCUT2D eigenvalue weighted by atomic mass is 35.5. The topological polar surface area (TPSA) is 32.3 Å². The number of hydrogen-bond acceptors (Lipinski definition) is 2. The lowest BCUT2D eigenvalue weighted by atomic mass is 9.99. The van der Waals surface area contributed by atoms with Crippen molar-refractivity contribution in [2.75, 3.05) is 11.4 Å². The smallest absolute Gasteiger partial charge is 0.228 e. The number of halogens is 1. The summed E-state index contributed by atoms with van der Waals surface area (Å²) in [5.74, 6) is 0.183. The van der Waals surface area contributed by atoms with Crippen LogP contribution < -0.4 is 10.2 Å². The largest absolute Gasteiger partial charge is 0.311 e. The van der Waals surface area contributed by atoms with Crippen molar-refractivity contribution in [3.05, 3.63) is 29.3 Å². The van der Waals surface area contributed by atoms with Gasteiger partial charge in [-0.1, -0.05) is 23.7 Å². The van der Waals surface area contributed by atoms with Gasteiger partial charge in [-0.3, -0.25) is 4.79 Å². The predicted molar refractivity (Wildman–Crippen MR) is 68.4 cm³/mol. The number of para-hydroxylation sites is 1. The molecule has 0 aliphatic carbocycles. The number of carbonyl (C=O) groups is 1. The number of hydrogen-bond donors (Lipinski definition) is 1. The van der Waals surface area contributed by atoms with Crippen LogP contribution in [0.4, 0.5) is 5.69 Å². The van der Waals surface area contributed by atoms with E-state index in [1.807, 2.05) is 29.2 Å². The van der Waals surface area contributed by atoms with Crippen LogP contribution in [0.5, 0.6) is 0 Å². The average Bonchev–Trinajstić information content (AvgIpc) is 2.66. The van der Waals surface area contributed by atoms with Gasteiger partial charge >= 0.3 is 0 Å². The molecule has 2 atom stereocenters.